The summed E-state index contributed by atoms with van der Waals surface area (Å²) in [5.41, 5.74) is -0.583. The van der Waals surface area contributed by atoms with Crippen molar-refractivity contribution in [3.05, 3.63) is 27.4 Å². The van der Waals surface area contributed by atoms with Gasteiger partial charge >= 0.3 is 0 Å². The second-order valence-electron chi connectivity index (χ2n) is 6.79. The van der Waals surface area contributed by atoms with Crippen LogP contribution in [-0.4, -0.2) is 46.7 Å². The van der Waals surface area contributed by atoms with Crippen LogP contribution in [0.25, 0.3) is 10.2 Å². The molecule has 0 spiro atoms. The topological polar surface area (TPSA) is 74.6 Å². The molecule has 1 aliphatic rings. The number of aromatic nitrogens is 1. The molecule has 144 valence electrons. The van der Waals surface area contributed by atoms with E-state index in [2.05, 4.69) is 10.2 Å². The van der Waals surface area contributed by atoms with Crippen LogP contribution in [0.5, 0.6) is 5.75 Å². The standard InChI is InChI=1S/C18H25N3O3S.ClH/c1-12(2)21-17(24)14(15(22)13-6-11-25-18(13)21)16(23)19-7-5-10-20-8-3-4-9-20;/h6,11-12,22H,3-5,7-10H2,1-2H3,(H,19,23);1H. The smallest absolute Gasteiger partial charge is 0.268 e. The van der Waals surface area contributed by atoms with Crippen molar-refractivity contribution in [3.8, 4) is 5.75 Å². The van der Waals surface area contributed by atoms with Crippen LogP contribution in [0.1, 0.15) is 49.5 Å². The molecule has 26 heavy (non-hydrogen) atoms. The molecule has 3 rings (SSSR count). The highest BCUT2D eigenvalue weighted by atomic mass is 35.5. The molecular formula is C18H26ClN3O3S. The number of aromatic hydroxyl groups is 1. The molecule has 0 unspecified atom stereocenters. The second-order valence-corrected chi connectivity index (χ2v) is 7.68. The molecule has 1 amide bonds. The van der Waals surface area contributed by atoms with Gasteiger partial charge in [-0.3, -0.25) is 14.2 Å². The second kappa shape index (κ2) is 8.88. The summed E-state index contributed by atoms with van der Waals surface area (Å²) in [6.07, 6.45) is 3.33. The average molecular weight is 400 g/mol. The highest BCUT2D eigenvalue weighted by molar-refractivity contribution is 7.16. The highest BCUT2D eigenvalue weighted by Gasteiger charge is 2.23. The Bertz CT molecular complexity index is 825. The summed E-state index contributed by atoms with van der Waals surface area (Å²) in [7, 11) is 0. The van der Waals surface area contributed by atoms with E-state index in [1.807, 2.05) is 19.2 Å². The lowest BCUT2D eigenvalue weighted by Crippen LogP contribution is -2.35. The first kappa shape index (κ1) is 20.7. The van der Waals surface area contributed by atoms with Crippen LogP contribution in [0.2, 0.25) is 0 Å². The van der Waals surface area contributed by atoms with Crippen LogP contribution in [-0.2, 0) is 0 Å². The van der Waals surface area contributed by atoms with Crippen molar-refractivity contribution in [2.75, 3.05) is 26.2 Å². The average Bonchev–Trinajstić information content (AvgIpc) is 3.23. The molecule has 1 fully saturated rings. The van der Waals surface area contributed by atoms with Crippen LogP contribution in [0, 0.1) is 0 Å². The third-order valence-electron chi connectivity index (χ3n) is 4.67. The number of likely N-dealkylation sites (tertiary alicyclic amines) is 1. The van der Waals surface area contributed by atoms with Crippen molar-refractivity contribution >= 4 is 39.9 Å². The third-order valence-corrected chi connectivity index (χ3v) is 5.58. The Morgan fingerprint density at radius 2 is 2.04 bits per heavy atom. The SMILES string of the molecule is CC(C)n1c(=O)c(C(=O)NCCCN2CCCC2)c(O)c2ccsc21.Cl. The van der Waals surface area contributed by atoms with Gasteiger partial charge in [-0.2, -0.15) is 0 Å². The maximum atomic E-state index is 12.8. The van der Waals surface area contributed by atoms with E-state index >= 15 is 0 Å². The predicted octanol–water partition coefficient (Wildman–Crippen LogP) is 2.99. The Balaban J connectivity index is 0.00000243. The molecule has 2 N–H and O–H groups in total. The van der Waals surface area contributed by atoms with E-state index in [1.54, 1.807) is 10.6 Å². The highest BCUT2D eigenvalue weighted by Crippen LogP contribution is 2.31. The quantitative estimate of drug-likeness (QED) is 0.732. The summed E-state index contributed by atoms with van der Waals surface area (Å²) < 4.78 is 1.58. The summed E-state index contributed by atoms with van der Waals surface area (Å²) in [4.78, 5) is 28.4. The largest absolute Gasteiger partial charge is 0.506 e. The summed E-state index contributed by atoms with van der Waals surface area (Å²) in [6.45, 7) is 7.50. The Labute approximate surface area is 163 Å². The molecule has 6 nitrogen and oxygen atoms in total. The van der Waals surface area contributed by atoms with Gasteiger partial charge in [-0.1, -0.05) is 0 Å². The number of pyridine rings is 1. The van der Waals surface area contributed by atoms with Gasteiger partial charge in [-0.05, 0) is 64.2 Å². The third kappa shape index (κ3) is 4.05. The molecule has 2 aromatic rings. The van der Waals surface area contributed by atoms with Crippen molar-refractivity contribution in [1.82, 2.24) is 14.8 Å². The minimum Gasteiger partial charge on any atom is -0.506 e. The number of hydrogen-bond acceptors (Lipinski definition) is 5. The molecule has 0 aromatic carbocycles. The fourth-order valence-electron chi connectivity index (χ4n) is 3.39. The van der Waals surface area contributed by atoms with Crippen LogP contribution >= 0.6 is 23.7 Å². The fourth-order valence-corrected chi connectivity index (χ4v) is 4.42. The number of carbonyl (C=O) groups excluding carboxylic acids is 1. The van der Waals surface area contributed by atoms with Gasteiger partial charge in [0, 0.05) is 12.6 Å². The summed E-state index contributed by atoms with van der Waals surface area (Å²) in [5, 5.41) is 15.6. The van der Waals surface area contributed by atoms with Gasteiger partial charge in [0.15, 0.2) is 0 Å². The zero-order valence-corrected chi connectivity index (χ0v) is 16.8. The lowest BCUT2D eigenvalue weighted by molar-refractivity contribution is 0.0947. The lowest BCUT2D eigenvalue weighted by atomic mass is 10.1. The number of nitrogens with one attached hydrogen (secondary N) is 1. The molecule has 8 heteroatoms. The van der Waals surface area contributed by atoms with Gasteiger partial charge in [0.05, 0.1) is 5.39 Å². The molecule has 0 radical (unpaired) electrons. The number of nitrogens with zero attached hydrogens (tertiary/aromatic N) is 2. The van der Waals surface area contributed by atoms with Crippen LogP contribution in [0.15, 0.2) is 16.2 Å². The van der Waals surface area contributed by atoms with E-state index in [9.17, 15) is 14.7 Å². The maximum Gasteiger partial charge on any atom is 0.268 e. The van der Waals surface area contributed by atoms with Crippen molar-refractivity contribution in [1.29, 1.82) is 0 Å². The molecule has 0 aliphatic carbocycles. The zero-order valence-electron chi connectivity index (χ0n) is 15.2. The Hall–Kier alpha value is -1.57. The van der Waals surface area contributed by atoms with Gasteiger partial charge in [-0.25, -0.2) is 0 Å². The van der Waals surface area contributed by atoms with Gasteiger partial charge in [0.25, 0.3) is 11.5 Å². The van der Waals surface area contributed by atoms with E-state index in [0.717, 1.165) is 26.1 Å². The molecule has 3 heterocycles. The number of halogens is 1. The molecule has 0 atom stereocenters. The van der Waals surface area contributed by atoms with Crippen LogP contribution in [0.3, 0.4) is 0 Å². The van der Waals surface area contributed by atoms with E-state index in [-0.39, 0.29) is 29.8 Å². The minimum atomic E-state index is -0.494. The fraction of sp³-hybridized carbons (Fsp3) is 0.556. The van der Waals surface area contributed by atoms with Gasteiger partial charge in [-0.15, -0.1) is 23.7 Å². The number of amides is 1. The number of thiophene rings is 1. The first-order valence-electron chi connectivity index (χ1n) is 8.86. The molecule has 2 aromatic heterocycles. The van der Waals surface area contributed by atoms with Crippen molar-refractivity contribution in [2.24, 2.45) is 0 Å². The van der Waals surface area contributed by atoms with E-state index in [1.165, 1.54) is 24.2 Å². The van der Waals surface area contributed by atoms with Gasteiger partial charge in [0.2, 0.25) is 0 Å². The van der Waals surface area contributed by atoms with Crippen molar-refractivity contribution in [2.45, 2.75) is 39.2 Å². The monoisotopic (exact) mass is 399 g/mol. The number of rotatable bonds is 6. The summed E-state index contributed by atoms with van der Waals surface area (Å²) in [5.74, 6) is -0.707. The Morgan fingerprint density at radius 1 is 1.35 bits per heavy atom. The molecule has 1 saturated heterocycles. The number of hydrogen-bond donors (Lipinski definition) is 2. The first-order chi connectivity index (χ1) is 12.0. The zero-order chi connectivity index (χ0) is 18.0. The minimum absolute atomic E-state index is 0. The first-order valence-corrected chi connectivity index (χ1v) is 9.74. The normalized spacial score (nSPS) is 14.7. The Morgan fingerprint density at radius 3 is 2.69 bits per heavy atom. The molecule has 1 aliphatic heterocycles. The molecular weight excluding hydrogens is 374 g/mol. The predicted molar refractivity (Wildman–Crippen MR) is 108 cm³/mol. The van der Waals surface area contributed by atoms with Gasteiger partial charge < -0.3 is 15.3 Å². The summed E-state index contributed by atoms with van der Waals surface area (Å²) in [6, 6.07) is 1.66. The van der Waals surface area contributed by atoms with Gasteiger partial charge in [0.1, 0.15) is 16.1 Å². The number of carbonyl (C=O) groups is 1. The maximum absolute atomic E-state index is 12.8. The van der Waals surface area contributed by atoms with E-state index in [0.29, 0.717) is 16.8 Å². The Kier molecular flexibility index (Phi) is 7.08. The van der Waals surface area contributed by atoms with E-state index in [4.69, 9.17) is 0 Å². The van der Waals surface area contributed by atoms with Crippen molar-refractivity contribution in [3.63, 3.8) is 0 Å². The number of fused-ring (bicyclic) bond motifs is 1. The molecule has 0 saturated carbocycles. The van der Waals surface area contributed by atoms with Crippen LogP contribution in [0.4, 0.5) is 0 Å². The van der Waals surface area contributed by atoms with Crippen LogP contribution < -0.4 is 10.9 Å². The summed E-state index contributed by atoms with van der Waals surface area (Å²) >= 11 is 1.39. The molecule has 0 bridgehead atoms. The lowest BCUT2D eigenvalue weighted by Gasteiger charge is -2.16. The van der Waals surface area contributed by atoms with Crippen molar-refractivity contribution < 1.29 is 9.90 Å². The van der Waals surface area contributed by atoms with E-state index < -0.39 is 11.5 Å².